The lowest BCUT2D eigenvalue weighted by atomic mass is 10.1. The first kappa shape index (κ1) is 22.7. The Morgan fingerprint density at radius 3 is 2.16 bits per heavy atom. The van der Waals surface area contributed by atoms with E-state index in [-0.39, 0.29) is 21.5 Å². The fourth-order valence-electron chi connectivity index (χ4n) is 3.79. The number of hydrogen-bond donors (Lipinski definition) is 1. The van der Waals surface area contributed by atoms with Gasteiger partial charge in [-0.05, 0) is 55.3 Å². The molecule has 0 aliphatic rings. The number of hydrogen-bond acceptors (Lipinski definition) is 2. The van der Waals surface area contributed by atoms with Crippen LogP contribution in [0.3, 0.4) is 0 Å². The van der Waals surface area contributed by atoms with Gasteiger partial charge in [0.15, 0.2) is 0 Å². The molecular formula is C24H23Cl2N3O2S. The topological polar surface area (TPSA) is 56.0 Å². The highest BCUT2D eigenvalue weighted by molar-refractivity contribution is 7.89. The smallest absolute Gasteiger partial charge is 0.240 e. The molecule has 0 amide bonds. The molecule has 0 atom stereocenters. The average Bonchev–Trinajstić information content (AvgIpc) is 3.35. The predicted molar refractivity (Wildman–Crippen MR) is 129 cm³/mol. The summed E-state index contributed by atoms with van der Waals surface area (Å²) in [6, 6.07) is 18.4. The van der Waals surface area contributed by atoms with Gasteiger partial charge in [-0.2, -0.15) is 0 Å². The Kier molecular flexibility index (Phi) is 6.49. The maximum Gasteiger partial charge on any atom is 0.240 e. The summed E-state index contributed by atoms with van der Waals surface area (Å²) in [6.07, 6.45) is 3.93. The molecule has 0 saturated carbocycles. The summed E-state index contributed by atoms with van der Waals surface area (Å²) in [7, 11) is -3.81. The molecule has 2 aromatic heterocycles. The van der Waals surface area contributed by atoms with Crippen LogP contribution >= 0.6 is 23.2 Å². The standard InChI is InChI=1S/C24H23Cl2N3O2S/c1-17-18(2)29(16-19-8-4-3-5-9-19)24(28-10-6-7-11-28)23(17)15-27-32(30,31)22-13-20(25)12-21(26)14-22/h3-14,27H,15-16H2,1-2H3. The fraction of sp³-hybridized carbons (Fsp3) is 0.167. The maximum absolute atomic E-state index is 13.0. The molecular weight excluding hydrogens is 465 g/mol. The Morgan fingerprint density at radius 2 is 1.53 bits per heavy atom. The van der Waals surface area contributed by atoms with Crippen LogP contribution in [-0.4, -0.2) is 17.6 Å². The van der Waals surface area contributed by atoms with E-state index in [1.807, 2.05) is 54.2 Å². The molecule has 0 radical (unpaired) electrons. The van der Waals surface area contributed by atoms with Gasteiger partial charge in [0.25, 0.3) is 0 Å². The molecule has 0 bridgehead atoms. The molecule has 0 aliphatic carbocycles. The molecule has 4 rings (SSSR count). The van der Waals surface area contributed by atoms with E-state index < -0.39 is 10.0 Å². The first-order valence-corrected chi connectivity index (χ1v) is 12.3. The first-order valence-electron chi connectivity index (χ1n) is 10.1. The number of benzene rings is 2. The third kappa shape index (κ3) is 4.64. The van der Waals surface area contributed by atoms with Crippen molar-refractivity contribution in [3.05, 3.63) is 105 Å². The normalized spacial score (nSPS) is 11.8. The zero-order valence-electron chi connectivity index (χ0n) is 17.7. The van der Waals surface area contributed by atoms with Crippen LogP contribution in [0.1, 0.15) is 22.4 Å². The van der Waals surface area contributed by atoms with Crippen molar-refractivity contribution in [3.8, 4) is 5.82 Å². The van der Waals surface area contributed by atoms with E-state index in [9.17, 15) is 8.42 Å². The average molecular weight is 488 g/mol. The lowest BCUT2D eigenvalue weighted by molar-refractivity contribution is 0.581. The van der Waals surface area contributed by atoms with Crippen molar-refractivity contribution in [3.63, 3.8) is 0 Å². The highest BCUT2D eigenvalue weighted by Crippen LogP contribution is 2.28. The van der Waals surface area contributed by atoms with Crippen molar-refractivity contribution < 1.29 is 8.42 Å². The lowest BCUT2D eigenvalue weighted by Gasteiger charge is -2.15. The maximum atomic E-state index is 13.0. The summed E-state index contributed by atoms with van der Waals surface area (Å²) < 4.78 is 32.9. The Morgan fingerprint density at radius 1 is 0.906 bits per heavy atom. The monoisotopic (exact) mass is 487 g/mol. The summed E-state index contributed by atoms with van der Waals surface area (Å²) in [6.45, 7) is 4.88. The highest BCUT2D eigenvalue weighted by Gasteiger charge is 2.22. The quantitative estimate of drug-likeness (QED) is 0.361. The summed E-state index contributed by atoms with van der Waals surface area (Å²) in [5.41, 5.74) is 4.19. The number of nitrogens with one attached hydrogen (secondary N) is 1. The molecule has 0 saturated heterocycles. The van der Waals surface area contributed by atoms with Crippen molar-refractivity contribution >= 4 is 33.2 Å². The zero-order chi connectivity index (χ0) is 22.9. The van der Waals surface area contributed by atoms with Crippen molar-refractivity contribution in [2.45, 2.75) is 31.8 Å². The van der Waals surface area contributed by atoms with E-state index in [0.717, 1.165) is 22.6 Å². The molecule has 2 aromatic carbocycles. The number of rotatable bonds is 7. The van der Waals surface area contributed by atoms with Crippen molar-refractivity contribution in [2.24, 2.45) is 0 Å². The van der Waals surface area contributed by atoms with Crippen molar-refractivity contribution in [1.29, 1.82) is 0 Å². The van der Waals surface area contributed by atoms with Gasteiger partial charge in [-0.25, -0.2) is 13.1 Å². The summed E-state index contributed by atoms with van der Waals surface area (Å²) in [5.74, 6) is 0.931. The van der Waals surface area contributed by atoms with Crippen LogP contribution in [0.2, 0.25) is 10.0 Å². The Bertz CT molecular complexity index is 1330. The van der Waals surface area contributed by atoms with Gasteiger partial charge in [0.05, 0.1) is 4.90 Å². The molecule has 2 heterocycles. The molecule has 8 heteroatoms. The van der Waals surface area contributed by atoms with E-state index in [0.29, 0.717) is 6.54 Å². The minimum Gasteiger partial charge on any atom is -0.327 e. The third-order valence-corrected chi connectivity index (χ3v) is 7.36. The molecule has 0 aliphatic heterocycles. The third-order valence-electron chi connectivity index (χ3n) is 5.54. The molecule has 0 unspecified atom stereocenters. The van der Waals surface area contributed by atoms with Gasteiger partial charge < -0.3 is 9.13 Å². The van der Waals surface area contributed by atoms with Crippen LogP contribution in [0.15, 0.2) is 78.0 Å². The second-order valence-corrected chi connectivity index (χ2v) is 10.2. The summed E-state index contributed by atoms with van der Waals surface area (Å²) in [4.78, 5) is 0.0376. The second kappa shape index (κ2) is 9.16. The zero-order valence-corrected chi connectivity index (χ0v) is 20.0. The van der Waals surface area contributed by atoms with Crippen LogP contribution < -0.4 is 4.72 Å². The number of sulfonamides is 1. The van der Waals surface area contributed by atoms with Crippen molar-refractivity contribution in [1.82, 2.24) is 13.9 Å². The van der Waals surface area contributed by atoms with Gasteiger partial charge >= 0.3 is 0 Å². The largest absolute Gasteiger partial charge is 0.327 e. The van der Waals surface area contributed by atoms with E-state index in [4.69, 9.17) is 23.2 Å². The van der Waals surface area contributed by atoms with Crippen LogP contribution in [0.4, 0.5) is 0 Å². The molecule has 166 valence electrons. The minimum atomic E-state index is -3.81. The van der Waals surface area contributed by atoms with Gasteiger partial charge in [0, 0.05) is 46.8 Å². The Labute approximate surface area is 198 Å². The number of halogens is 2. The van der Waals surface area contributed by atoms with Gasteiger partial charge in [-0.15, -0.1) is 0 Å². The van der Waals surface area contributed by atoms with Crippen molar-refractivity contribution in [2.75, 3.05) is 0 Å². The molecule has 4 aromatic rings. The SMILES string of the molecule is Cc1c(CNS(=O)(=O)c2cc(Cl)cc(Cl)c2)c(-n2cccc2)n(Cc2ccccc2)c1C. The lowest BCUT2D eigenvalue weighted by Crippen LogP contribution is -2.24. The van der Waals surface area contributed by atoms with Crippen LogP contribution in [0, 0.1) is 13.8 Å². The molecule has 0 spiro atoms. The summed E-state index contributed by atoms with van der Waals surface area (Å²) in [5, 5.41) is 0.541. The number of aromatic nitrogens is 2. The Balaban J connectivity index is 1.73. The van der Waals surface area contributed by atoms with Gasteiger partial charge in [0.2, 0.25) is 10.0 Å². The molecule has 1 N–H and O–H groups in total. The fourth-order valence-corrected chi connectivity index (χ4v) is 5.51. The van der Waals surface area contributed by atoms with E-state index in [1.165, 1.54) is 23.8 Å². The van der Waals surface area contributed by atoms with Crippen LogP contribution in [0.25, 0.3) is 5.82 Å². The molecule has 32 heavy (non-hydrogen) atoms. The van der Waals surface area contributed by atoms with Crippen LogP contribution in [-0.2, 0) is 23.1 Å². The predicted octanol–water partition coefficient (Wildman–Crippen LogP) is 5.73. The van der Waals surface area contributed by atoms with E-state index in [1.54, 1.807) is 0 Å². The second-order valence-electron chi connectivity index (χ2n) is 7.60. The van der Waals surface area contributed by atoms with Gasteiger partial charge in [0.1, 0.15) is 5.82 Å². The Hall–Kier alpha value is -2.51. The van der Waals surface area contributed by atoms with Crippen LogP contribution in [0.5, 0.6) is 0 Å². The number of nitrogens with zero attached hydrogens (tertiary/aromatic N) is 2. The van der Waals surface area contributed by atoms with Gasteiger partial charge in [-0.1, -0.05) is 53.5 Å². The highest BCUT2D eigenvalue weighted by atomic mass is 35.5. The minimum absolute atomic E-state index is 0.0376. The van der Waals surface area contributed by atoms with E-state index in [2.05, 4.69) is 28.3 Å². The van der Waals surface area contributed by atoms with Gasteiger partial charge in [-0.3, -0.25) is 0 Å². The summed E-state index contributed by atoms with van der Waals surface area (Å²) >= 11 is 12.0. The molecule has 5 nitrogen and oxygen atoms in total. The first-order chi connectivity index (χ1) is 15.3. The van der Waals surface area contributed by atoms with E-state index >= 15 is 0 Å². The molecule has 0 fully saturated rings.